The lowest BCUT2D eigenvalue weighted by Crippen LogP contribution is -2.14. The van der Waals surface area contributed by atoms with Crippen LogP contribution >= 0.6 is 0 Å². The number of nitrogens with one attached hydrogen (secondary N) is 2. The number of unbranched alkanes of at least 4 members (excludes halogenated alkanes) is 1. The molecule has 0 bridgehead atoms. The quantitative estimate of drug-likeness (QED) is 0.423. The SMILES string of the molecule is CCCCC(=O)Nc1cccc(C(=O)Nc2nnc(-c3ccc([N+](=O)[O-])cc3)o2)c1. The Morgan fingerprint density at radius 2 is 1.87 bits per heavy atom. The largest absolute Gasteiger partial charge is 0.403 e. The van der Waals surface area contributed by atoms with Gasteiger partial charge in [0.25, 0.3) is 11.6 Å². The van der Waals surface area contributed by atoms with Crippen LogP contribution in [0.2, 0.25) is 0 Å². The molecule has 3 aromatic rings. The van der Waals surface area contributed by atoms with Gasteiger partial charge in [0, 0.05) is 35.4 Å². The van der Waals surface area contributed by atoms with E-state index in [0.717, 1.165) is 12.8 Å². The van der Waals surface area contributed by atoms with Gasteiger partial charge in [0.1, 0.15) is 0 Å². The van der Waals surface area contributed by atoms with Crippen molar-refractivity contribution in [2.45, 2.75) is 26.2 Å². The van der Waals surface area contributed by atoms with Crippen LogP contribution in [0.3, 0.4) is 0 Å². The predicted molar refractivity (Wildman–Crippen MR) is 109 cm³/mol. The highest BCUT2D eigenvalue weighted by Gasteiger charge is 2.14. The Labute approximate surface area is 171 Å². The molecule has 3 rings (SSSR count). The molecule has 0 saturated heterocycles. The molecule has 1 aromatic heterocycles. The van der Waals surface area contributed by atoms with E-state index in [9.17, 15) is 19.7 Å². The molecule has 2 N–H and O–H groups in total. The summed E-state index contributed by atoms with van der Waals surface area (Å²) in [5.41, 5.74) is 1.23. The molecule has 0 spiro atoms. The third kappa shape index (κ3) is 5.25. The number of amides is 2. The fourth-order valence-corrected chi connectivity index (χ4v) is 2.58. The number of nitrogens with zero attached hydrogens (tertiary/aromatic N) is 3. The van der Waals surface area contributed by atoms with E-state index in [1.54, 1.807) is 24.3 Å². The van der Waals surface area contributed by atoms with Crippen LogP contribution < -0.4 is 10.6 Å². The van der Waals surface area contributed by atoms with Gasteiger partial charge in [-0.2, -0.15) is 0 Å². The first-order valence-corrected chi connectivity index (χ1v) is 9.26. The number of carbonyl (C=O) groups excluding carboxylic acids is 2. The van der Waals surface area contributed by atoms with Crippen molar-refractivity contribution in [1.82, 2.24) is 10.2 Å². The molecule has 0 atom stereocenters. The average molecular weight is 409 g/mol. The molecule has 1 heterocycles. The summed E-state index contributed by atoms with van der Waals surface area (Å²) in [4.78, 5) is 34.5. The highest BCUT2D eigenvalue weighted by atomic mass is 16.6. The number of rotatable bonds is 8. The molecule has 0 aliphatic rings. The van der Waals surface area contributed by atoms with Gasteiger partial charge in [0.2, 0.25) is 11.8 Å². The first kappa shape index (κ1) is 20.6. The van der Waals surface area contributed by atoms with Crippen LogP contribution in [0.5, 0.6) is 0 Å². The van der Waals surface area contributed by atoms with E-state index >= 15 is 0 Å². The number of carbonyl (C=O) groups is 2. The molecular weight excluding hydrogens is 390 g/mol. The summed E-state index contributed by atoms with van der Waals surface area (Å²) >= 11 is 0. The Balaban J connectivity index is 1.66. The number of nitro groups is 1. The molecule has 0 unspecified atom stereocenters. The number of aromatic nitrogens is 2. The highest BCUT2D eigenvalue weighted by Crippen LogP contribution is 2.23. The van der Waals surface area contributed by atoms with Gasteiger partial charge in [-0.3, -0.25) is 25.0 Å². The van der Waals surface area contributed by atoms with Crippen molar-refractivity contribution >= 4 is 29.2 Å². The van der Waals surface area contributed by atoms with Crippen LogP contribution in [-0.4, -0.2) is 26.9 Å². The normalized spacial score (nSPS) is 10.4. The monoisotopic (exact) mass is 409 g/mol. The van der Waals surface area contributed by atoms with Crippen molar-refractivity contribution in [2.75, 3.05) is 10.6 Å². The lowest BCUT2D eigenvalue weighted by atomic mass is 10.2. The molecule has 2 aromatic carbocycles. The molecular formula is C20H19N5O5. The molecule has 0 saturated carbocycles. The van der Waals surface area contributed by atoms with Crippen molar-refractivity contribution in [3.05, 3.63) is 64.2 Å². The number of anilines is 2. The summed E-state index contributed by atoms with van der Waals surface area (Å²) in [5, 5.41) is 23.6. The zero-order chi connectivity index (χ0) is 21.5. The average Bonchev–Trinajstić information content (AvgIpc) is 3.21. The Hall–Kier alpha value is -4.08. The van der Waals surface area contributed by atoms with E-state index in [1.807, 2.05) is 6.92 Å². The van der Waals surface area contributed by atoms with Crippen LogP contribution in [-0.2, 0) is 4.79 Å². The Morgan fingerprint density at radius 1 is 1.10 bits per heavy atom. The number of benzene rings is 2. The van der Waals surface area contributed by atoms with E-state index in [1.165, 1.54) is 24.3 Å². The maximum absolute atomic E-state index is 12.5. The summed E-state index contributed by atoms with van der Waals surface area (Å²) < 4.78 is 5.41. The second-order valence-corrected chi connectivity index (χ2v) is 6.40. The van der Waals surface area contributed by atoms with E-state index in [4.69, 9.17) is 4.42 Å². The first-order chi connectivity index (χ1) is 14.5. The van der Waals surface area contributed by atoms with Crippen LogP contribution in [0, 0.1) is 10.1 Å². The number of nitro benzene ring substituents is 1. The predicted octanol–water partition coefficient (Wildman–Crippen LogP) is 4.03. The van der Waals surface area contributed by atoms with Gasteiger partial charge in [-0.25, -0.2) is 0 Å². The highest BCUT2D eigenvalue weighted by molar-refractivity contribution is 6.04. The Morgan fingerprint density at radius 3 is 2.57 bits per heavy atom. The summed E-state index contributed by atoms with van der Waals surface area (Å²) in [6.45, 7) is 2.00. The van der Waals surface area contributed by atoms with Crippen molar-refractivity contribution < 1.29 is 18.9 Å². The summed E-state index contributed by atoms with van der Waals surface area (Å²) in [6, 6.07) is 11.9. The fraction of sp³-hybridized carbons (Fsp3) is 0.200. The first-order valence-electron chi connectivity index (χ1n) is 9.26. The minimum absolute atomic E-state index is 0.0616. The number of hydrogen-bond donors (Lipinski definition) is 2. The van der Waals surface area contributed by atoms with Gasteiger partial charge in [0.05, 0.1) is 4.92 Å². The van der Waals surface area contributed by atoms with Gasteiger partial charge >= 0.3 is 6.01 Å². The standard InChI is InChI=1S/C20H19N5O5/c1-2-3-7-17(26)21-15-6-4-5-14(12-15)18(27)22-20-24-23-19(30-20)13-8-10-16(11-9-13)25(28)29/h4-6,8-12H,2-3,7H2,1H3,(H,21,26)(H,22,24,27). The van der Waals surface area contributed by atoms with Crippen molar-refractivity contribution in [3.63, 3.8) is 0 Å². The number of hydrogen-bond acceptors (Lipinski definition) is 7. The number of non-ortho nitro benzene ring substituents is 1. The summed E-state index contributed by atoms with van der Waals surface area (Å²) in [6.07, 6.45) is 2.13. The third-order valence-corrected chi connectivity index (χ3v) is 4.14. The van der Waals surface area contributed by atoms with E-state index in [2.05, 4.69) is 20.8 Å². The topological polar surface area (TPSA) is 140 Å². The van der Waals surface area contributed by atoms with E-state index in [0.29, 0.717) is 23.2 Å². The lowest BCUT2D eigenvalue weighted by Gasteiger charge is -2.07. The molecule has 10 heteroatoms. The molecule has 0 aliphatic carbocycles. The van der Waals surface area contributed by atoms with Crippen LogP contribution in [0.25, 0.3) is 11.5 Å². The van der Waals surface area contributed by atoms with Gasteiger partial charge in [-0.1, -0.05) is 24.5 Å². The van der Waals surface area contributed by atoms with Gasteiger partial charge in [-0.05, 0) is 36.8 Å². The zero-order valence-electron chi connectivity index (χ0n) is 16.1. The minimum Gasteiger partial charge on any atom is -0.403 e. The van der Waals surface area contributed by atoms with Gasteiger partial charge in [0.15, 0.2) is 0 Å². The Bertz CT molecular complexity index is 1060. The summed E-state index contributed by atoms with van der Waals surface area (Å²) in [7, 11) is 0. The third-order valence-electron chi connectivity index (χ3n) is 4.14. The van der Waals surface area contributed by atoms with Crippen molar-refractivity contribution in [2.24, 2.45) is 0 Å². The maximum atomic E-state index is 12.5. The maximum Gasteiger partial charge on any atom is 0.322 e. The molecule has 0 aliphatic heterocycles. The lowest BCUT2D eigenvalue weighted by molar-refractivity contribution is -0.384. The Kier molecular flexibility index (Phi) is 6.48. The summed E-state index contributed by atoms with van der Waals surface area (Å²) in [5.74, 6) is -0.491. The molecule has 0 radical (unpaired) electrons. The zero-order valence-corrected chi connectivity index (χ0v) is 16.1. The molecule has 30 heavy (non-hydrogen) atoms. The van der Waals surface area contributed by atoms with Crippen molar-refractivity contribution in [1.29, 1.82) is 0 Å². The van der Waals surface area contributed by atoms with Crippen LogP contribution in [0.4, 0.5) is 17.4 Å². The fourth-order valence-electron chi connectivity index (χ4n) is 2.58. The second-order valence-electron chi connectivity index (χ2n) is 6.40. The van der Waals surface area contributed by atoms with Crippen LogP contribution in [0.15, 0.2) is 52.9 Å². The minimum atomic E-state index is -0.510. The van der Waals surface area contributed by atoms with E-state index < -0.39 is 10.8 Å². The van der Waals surface area contributed by atoms with E-state index in [-0.39, 0.29) is 23.5 Å². The van der Waals surface area contributed by atoms with Gasteiger partial charge in [-0.15, -0.1) is 5.10 Å². The second kappa shape index (κ2) is 9.41. The van der Waals surface area contributed by atoms with Crippen molar-refractivity contribution in [3.8, 4) is 11.5 Å². The molecule has 0 fully saturated rings. The molecule has 10 nitrogen and oxygen atoms in total. The molecule has 2 amide bonds. The van der Waals surface area contributed by atoms with Gasteiger partial charge < -0.3 is 9.73 Å². The molecule has 154 valence electrons. The van der Waals surface area contributed by atoms with Crippen LogP contribution in [0.1, 0.15) is 36.5 Å². The smallest absolute Gasteiger partial charge is 0.322 e.